The van der Waals surface area contributed by atoms with Crippen LogP contribution >= 0.6 is 12.4 Å². The van der Waals surface area contributed by atoms with Gasteiger partial charge in [0.15, 0.2) is 11.5 Å². The topological polar surface area (TPSA) is 104 Å². The second-order valence-electron chi connectivity index (χ2n) is 5.13. The molecule has 1 amide bonds. The molecule has 9 heteroatoms. The lowest BCUT2D eigenvalue weighted by Gasteiger charge is -2.18. The van der Waals surface area contributed by atoms with E-state index in [2.05, 4.69) is 10.3 Å². The van der Waals surface area contributed by atoms with Gasteiger partial charge >= 0.3 is 0 Å². The fourth-order valence-corrected chi connectivity index (χ4v) is 3.24. The van der Waals surface area contributed by atoms with Crippen LogP contribution in [-0.4, -0.2) is 34.1 Å². The highest BCUT2D eigenvalue weighted by molar-refractivity contribution is 7.85. The molecule has 0 saturated heterocycles. The highest BCUT2D eigenvalue weighted by Gasteiger charge is 2.15. The highest BCUT2D eigenvalue weighted by Crippen LogP contribution is 2.31. The normalized spacial score (nSPS) is 13.4. The number of nitrogens with zero attached hydrogens (tertiary/aromatic N) is 1. The van der Waals surface area contributed by atoms with Gasteiger partial charge < -0.3 is 20.5 Å². The van der Waals surface area contributed by atoms with E-state index in [9.17, 15) is 9.00 Å². The van der Waals surface area contributed by atoms with Crippen LogP contribution in [0.15, 0.2) is 41.4 Å². The number of nitrogens with one attached hydrogen (secondary N) is 1. The molecule has 3 N–H and O–H groups in total. The van der Waals surface area contributed by atoms with Gasteiger partial charge in [-0.05, 0) is 24.3 Å². The Hall–Kier alpha value is -2.32. The van der Waals surface area contributed by atoms with Crippen LogP contribution in [0.2, 0.25) is 0 Å². The van der Waals surface area contributed by atoms with E-state index in [0.29, 0.717) is 41.1 Å². The molecule has 1 aromatic carbocycles. The number of ether oxygens (including phenoxy) is 2. The van der Waals surface area contributed by atoms with Gasteiger partial charge in [-0.1, -0.05) is 0 Å². The van der Waals surface area contributed by atoms with Gasteiger partial charge in [0.25, 0.3) is 0 Å². The molecule has 1 aliphatic heterocycles. The molecule has 1 aromatic heterocycles. The quantitative estimate of drug-likeness (QED) is 0.818. The number of aromatic nitrogens is 1. The Kier molecular flexibility index (Phi) is 6.60. The van der Waals surface area contributed by atoms with Crippen molar-refractivity contribution in [2.45, 2.75) is 11.3 Å². The monoisotopic (exact) mass is 383 g/mol. The van der Waals surface area contributed by atoms with Gasteiger partial charge in [0.2, 0.25) is 5.91 Å². The van der Waals surface area contributed by atoms with Crippen LogP contribution in [0, 0.1) is 0 Å². The minimum Gasteiger partial charge on any atom is -0.486 e. The summed E-state index contributed by atoms with van der Waals surface area (Å²) in [7, 11) is -1.30. The average molecular weight is 384 g/mol. The molecule has 7 nitrogen and oxygen atoms in total. The van der Waals surface area contributed by atoms with Gasteiger partial charge in [-0.15, -0.1) is 12.4 Å². The molecule has 0 aliphatic carbocycles. The first-order valence-electron chi connectivity index (χ1n) is 7.41. The Morgan fingerprint density at radius 2 is 1.96 bits per heavy atom. The van der Waals surface area contributed by atoms with Crippen molar-refractivity contribution in [3.63, 3.8) is 0 Å². The molecule has 1 atom stereocenters. The molecule has 3 rings (SSSR count). The van der Waals surface area contributed by atoms with Gasteiger partial charge in [0, 0.05) is 23.1 Å². The zero-order valence-electron chi connectivity index (χ0n) is 13.3. The summed E-state index contributed by atoms with van der Waals surface area (Å²) in [6, 6.07) is 8.43. The van der Waals surface area contributed by atoms with Crippen LogP contribution in [0.25, 0.3) is 0 Å². The number of carbonyl (C=O) groups excluding carboxylic acids is 1. The van der Waals surface area contributed by atoms with Crippen molar-refractivity contribution in [1.29, 1.82) is 0 Å². The van der Waals surface area contributed by atoms with E-state index in [-0.39, 0.29) is 30.5 Å². The van der Waals surface area contributed by atoms with Crippen LogP contribution in [0.4, 0.5) is 11.5 Å². The van der Waals surface area contributed by atoms with Crippen molar-refractivity contribution in [3.05, 3.63) is 36.5 Å². The van der Waals surface area contributed by atoms with Gasteiger partial charge in [-0.25, -0.2) is 4.98 Å². The van der Waals surface area contributed by atoms with E-state index in [4.69, 9.17) is 15.2 Å². The van der Waals surface area contributed by atoms with E-state index in [1.54, 1.807) is 30.3 Å². The van der Waals surface area contributed by atoms with Gasteiger partial charge in [-0.2, -0.15) is 0 Å². The van der Waals surface area contributed by atoms with Crippen LogP contribution in [0.1, 0.15) is 6.42 Å². The first kappa shape index (κ1) is 19.0. The highest BCUT2D eigenvalue weighted by atomic mass is 35.5. The summed E-state index contributed by atoms with van der Waals surface area (Å²) < 4.78 is 23.2. The summed E-state index contributed by atoms with van der Waals surface area (Å²) in [6.45, 7) is 0.983. The molecular formula is C16H18ClN3O4S. The number of fused-ring (bicyclic) bond motifs is 1. The summed E-state index contributed by atoms with van der Waals surface area (Å²) in [5.74, 6) is 1.61. The number of nitrogens with two attached hydrogens (primary N) is 1. The van der Waals surface area contributed by atoms with Gasteiger partial charge in [-0.3, -0.25) is 9.00 Å². The summed E-state index contributed by atoms with van der Waals surface area (Å²) >= 11 is 0. The maximum Gasteiger partial charge on any atom is 0.225 e. The number of amides is 1. The third-order valence-electron chi connectivity index (χ3n) is 3.36. The molecule has 0 spiro atoms. The number of pyridine rings is 1. The summed E-state index contributed by atoms with van der Waals surface area (Å²) in [5.41, 5.74) is 6.04. The van der Waals surface area contributed by atoms with Crippen molar-refractivity contribution in [2.24, 2.45) is 0 Å². The minimum atomic E-state index is -1.30. The lowest BCUT2D eigenvalue weighted by atomic mass is 10.3. The number of hydrogen-bond acceptors (Lipinski definition) is 6. The lowest BCUT2D eigenvalue weighted by Crippen LogP contribution is -2.16. The maximum absolute atomic E-state index is 12.3. The van der Waals surface area contributed by atoms with E-state index in [1.165, 1.54) is 6.20 Å². The molecule has 25 heavy (non-hydrogen) atoms. The smallest absolute Gasteiger partial charge is 0.225 e. The fourth-order valence-electron chi connectivity index (χ4n) is 2.17. The van der Waals surface area contributed by atoms with Crippen molar-refractivity contribution < 1.29 is 18.5 Å². The Bertz CT molecular complexity index is 770. The second kappa shape index (κ2) is 8.68. The number of carbonyl (C=O) groups is 1. The Balaban J connectivity index is 0.00000225. The van der Waals surface area contributed by atoms with Crippen LogP contribution in [-0.2, 0) is 15.6 Å². The SMILES string of the molecule is Cl.Nc1ccc(NC(=O)CCS(=O)c2ccc3c(c2)OCCO3)cn1. The summed E-state index contributed by atoms with van der Waals surface area (Å²) in [5, 5.41) is 2.69. The van der Waals surface area contributed by atoms with Crippen molar-refractivity contribution >= 4 is 40.6 Å². The van der Waals surface area contributed by atoms with Gasteiger partial charge in [0.05, 0.1) is 22.7 Å². The number of nitrogen functional groups attached to an aromatic ring is 1. The van der Waals surface area contributed by atoms with E-state index < -0.39 is 10.8 Å². The molecule has 1 unspecified atom stereocenters. The van der Waals surface area contributed by atoms with Crippen molar-refractivity contribution in [3.8, 4) is 11.5 Å². The Morgan fingerprint density at radius 3 is 2.68 bits per heavy atom. The lowest BCUT2D eigenvalue weighted by molar-refractivity contribution is -0.115. The first-order valence-corrected chi connectivity index (χ1v) is 8.73. The molecule has 134 valence electrons. The fraction of sp³-hybridized carbons (Fsp3) is 0.250. The molecule has 0 fully saturated rings. The van der Waals surface area contributed by atoms with E-state index >= 15 is 0 Å². The molecule has 2 aromatic rings. The van der Waals surface area contributed by atoms with Crippen molar-refractivity contribution in [2.75, 3.05) is 30.0 Å². The molecule has 0 saturated carbocycles. The number of rotatable bonds is 5. The number of hydrogen-bond donors (Lipinski definition) is 2. The third-order valence-corrected chi connectivity index (χ3v) is 4.72. The summed E-state index contributed by atoms with van der Waals surface area (Å²) in [6.07, 6.45) is 1.61. The standard InChI is InChI=1S/C16H17N3O4S.ClH/c17-15-4-1-11(10-18-15)19-16(20)5-8-24(21)12-2-3-13-14(9-12)23-7-6-22-13;/h1-4,9-10H,5-8H2,(H2,17,18)(H,19,20);1H. The van der Waals surface area contributed by atoms with Crippen LogP contribution in [0.5, 0.6) is 11.5 Å². The zero-order valence-corrected chi connectivity index (χ0v) is 14.9. The third kappa shape index (κ3) is 5.07. The Morgan fingerprint density at radius 1 is 1.20 bits per heavy atom. The predicted octanol–water partition coefficient (Wildman–Crippen LogP) is 1.99. The predicted molar refractivity (Wildman–Crippen MR) is 97.9 cm³/mol. The minimum absolute atomic E-state index is 0. The maximum atomic E-state index is 12.3. The van der Waals surface area contributed by atoms with E-state index in [1.807, 2.05) is 0 Å². The second-order valence-corrected chi connectivity index (χ2v) is 6.70. The van der Waals surface area contributed by atoms with Gasteiger partial charge in [0.1, 0.15) is 19.0 Å². The van der Waals surface area contributed by atoms with Crippen LogP contribution in [0.3, 0.4) is 0 Å². The number of benzene rings is 1. The molecule has 1 aliphatic rings. The first-order chi connectivity index (χ1) is 11.6. The number of halogens is 1. The summed E-state index contributed by atoms with van der Waals surface area (Å²) in [4.78, 5) is 16.4. The molecule has 2 heterocycles. The zero-order chi connectivity index (χ0) is 16.9. The molecule has 0 radical (unpaired) electrons. The van der Waals surface area contributed by atoms with Crippen molar-refractivity contribution in [1.82, 2.24) is 4.98 Å². The average Bonchev–Trinajstić information content (AvgIpc) is 2.61. The van der Waals surface area contributed by atoms with E-state index in [0.717, 1.165) is 0 Å². The Labute approximate surface area is 153 Å². The van der Waals surface area contributed by atoms with Crippen LogP contribution < -0.4 is 20.5 Å². The largest absolute Gasteiger partial charge is 0.486 e. The number of anilines is 2. The molecule has 0 bridgehead atoms. The molecular weight excluding hydrogens is 366 g/mol.